The second-order valence-electron chi connectivity index (χ2n) is 6.10. The second kappa shape index (κ2) is 8.29. The predicted octanol–water partition coefficient (Wildman–Crippen LogP) is 2.97. The molecule has 0 aliphatic rings. The number of rotatable bonds is 5. The number of primary amides is 1. The first-order valence-corrected chi connectivity index (χ1v) is 8.74. The molecule has 0 unspecified atom stereocenters. The van der Waals surface area contributed by atoms with Crippen LogP contribution < -0.4 is 16.0 Å². The van der Waals surface area contributed by atoms with E-state index in [0.29, 0.717) is 11.8 Å². The van der Waals surface area contributed by atoms with Gasteiger partial charge in [0.15, 0.2) is 5.69 Å². The van der Waals surface area contributed by atoms with Crippen molar-refractivity contribution in [1.29, 1.82) is 0 Å². The molecule has 0 saturated heterocycles. The molecule has 0 radical (unpaired) electrons. The number of anilines is 2. The maximum Gasteiger partial charge on any atom is 0.279 e. The van der Waals surface area contributed by atoms with Crippen LogP contribution in [0.5, 0.6) is 0 Å². The molecule has 2 aromatic carbocycles. The molecule has 8 nitrogen and oxygen atoms in total. The van der Waals surface area contributed by atoms with E-state index in [9.17, 15) is 23.2 Å². The summed E-state index contributed by atoms with van der Waals surface area (Å²) in [5, 5.41) is 2.07. The van der Waals surface area contributed by atoms with Crippen LogP contribution >= 0.6 is 11.6 Å². The van der Waals surface area contributed by atoms with Crippen molar-refractivity contribution in [2.45, 2.75) is 0 Å². The number of carbonyl (C=O) groups excluding carboxylic acids is 3. The predicted molar refractivity (Wildman–Crippen MR) is 106 cm³/mol. The van der Waals surface area contributed by atoms with Crippen molar-refractivity contribution in [3.8, 4) is 0 Å². The van der Waals surface area contributed by atoms with Crippen molar-refractivity contribution in [1.82, 2.24) is 9.97 Å². The number of hydrogen-bond acceptors (Lipinski definition) is 4. The van der Waals surface area contributed by atoms with Crippen molar-refractivity contribution in [3.05, 3.63) is 76.3 Å². The van der Waals surface area contributed by atoms with Crippen molar-refractivity contribution < 1.29 is 23.2 Å². The molecular weight excluding hydrogens is 420 g/mol. The highest BCUT2D eigenvalue weighted by atomic mass is 35.5. The number of aromatic amines is 1. The molecule has 11 heteroatoms. The number of nitrogens with one attached hydrogen (secondary N) is 2. The summed E-state index contributed by atoms with van der Waals surface area (Å²) >= 11 is 5.75. The van der Waals surface area contributed by atoms with Gasteiger partial charge in [-0.05, 0) is 30.3 Å². The van der Waals surface area contributed by atoms with E-state index in [4.69, 9.17) is 17.3 Å². The van der Waals surface area contributed by atoms with Gasteiger partial charge in [-0.2, -0.15) is 0 Å². The summed E-state index contributed by atoms with van der Waals surface area (Å²) in [6.45, 7) is 0. The van der Waals surface area contributed by atoms with Gasteiger partial charge in [0.2, 0.25) is 0 Å². The normalized spacial score (nSPS) is 10.5. The van der Waals surface area contributed by atoms with Crippen LogP contribution in [0.4, 0.5) is 20.2 Å². The fourth-order valence-corrected chi connectivity index (χ4v) is 2.92. The van der Waals surface area contributed by atoms with Gasteiger partial charge in [0, 0.05) is 24.5 Å². The Labute approximate surface area is 173 Å². The fourth-order valence-electron chi connectivity index (χ4n) is 2.64. The summed E-state index contributed by atoms with van der Waals surface area (Å²) in [6.07, 6.45) is 1.18. The van der Waals surface area contributed by atoms with Crippen molar-refractivity contribution in [3.63, 3.8) is 0 Å². The minimum atomic E-state index is -1.09. The molecule has 3 rings (SSSR count). The lowest BCUT2D eigenvalue weighted by molar-refractivity contribution is 0.0958. The monoisotopic (exact) mass is 433 g/mol. The van der Waals surface area contributed by atoms with Gasteiger partial charge in [-0.1, -0.05) is 11.6 Å². The molecule has 30 heavy (non-hydrogen) atoms. The van der Waals surface area contributed by atoms with Gasteiger partial charge in [-0.3, -0.25) is 14.4 Å². The molecule has 3 amide bonds. The van der Waals surface area contributed by atoms with E-state index in [1.165, 1.54) is 42.5 Å². The number of hydrogen-bond donors (Lipinski definition) is 3. The van der Waals surface area contributed by atoms with Crippen LogP contribution in [0.3, 0.4) is 0 Å². The summed E-state index contributed by atoms with van der Waals surface area (Å²) in [6, 6.07) is 7.33. The quantitative estimate of drug-likeness (QED) is 0.572. The Morgan fingerprint density at radius 1 is 1.17 bits per heavy atom. The van der Waals surface area contributed by atoms with Crippen LogP contribution in [0.15, 0.2) is 42.7 Å². The zero-order chi connectivity index (χ0) is 22.0. The standard InChI is InChI=1S/C19H14ClF2N5O3/c1-27(19(30)16-15(17(23)28)24-8-25-16)11-4-2-10(3-5-11)26-18(29)14-12(20)6-9(21)7-13(14)22/h2-8H,1H3,(H2,23,28)(H,24,25)(H,26,29). The lowest BCUT2D eigenvalue weighted by Crippen LogP contribution is -2.29. The van der Waals surface area contributed by atoms with E-state index in [1.54, 1.807) is 0 Å². The number of nitrogens with two attached hydrogens (primary N) is 1. The molecule has 1 heterocycles. The first kappa shape index (κ1) is 20.9. The van der Waals surface area contributed by atoms with E-state index in [2.05, 4.69) is 15.3 Å². The SMILES string of the molecule is CN(C(=O)c1nc[nH]c1C(N)=O)c1ccc(NC(=O)c2c(F)cc(F)cc2Cl)cc1. The van der Waals surface area contributed by atoms with Crippen LogP contribution in [0.25, 0.3) is 0 Å². The summed E-state index contributed by atoms with van der Waals surface area (Å²) < 4.78 is 27.0. The number of carbonyl (C=O) groups is 3. The third kappa shape index (κ3) is 4.13. The number of imidazole rings is 1. The molecule has 0 aliphatic heterocycles. The third-order valence-electron chi connectivity index (χ3n) is 4.14. The van der Waals surface area contributed by atoms with Crippen LogP contribution in [-0.2, 0) is 0 Å². The Kier molecular flexibility index (Phi) is 5.79. The highest BCUT2D eigenvalue weighted by molar-refractivity contribution is 6.34. The zero-order valence-electron chi connectivity index (χ0n) is 15.4. The fraction of sp³-hybridized carbons (Fsp3) is 0.0526. The Bertz CT molecular complexity index is 1120. The van der Waals surface area contributed by atoms with Gasteiger partial charge in [-0.15, -0.1) is 0 Å². The number of amides is 3. The van der Waals surface area contributed by atoms with Gasteiger partial charge in [0.25, 0.3) is 17.7 Å². The summed E-state index contributed by atoms with van der Waals surface area (Å²) in [5.41, 5.74) is 5.15. The maximum absolute atomic E-state index is 13.9. The minimum absolute atomic E-state index is 0.117. The average molecular weight is 434 g/mol. The first-order chi connectivity index (χ1) is 14.2. The Morgan fingerprint density at radius 3 is 2.43 bits per heavy atom. The Hall–Kier alpha value is -3.79. The molecule has 0 spiro atoms. The molecule has 3 aromatic rings. The second-order valence-corrected chi connectivity index (χ2v) is 6.51. The van der Waals surface area contributed by atoms with Gasteiger partial charge < -0.3 is 20.9 Å². The molecule has 154 valence electrons. The Balaban J connectivity index is 1.76. The van der Waals surface area contributed by atoms with Gasteiger partial charge in [-0.25, -0.2) is 13.8 Å². The molecule has 4 N–H and O–H groups in total. The Morgan fingerprint density at radius 2 is 1.83 bits per heavy atom. The average Bonchev–Trinajstić information content (AvgIpc) is 3.17. The van der Waals surface area contributed by atoms with Gasteiger partial charge >= 0.3 is 0 Å². The number of nitrogens with zero attached hydrogens (tertiary/aromatic N) is 2. The number of benzene rings is 2. The van der Waals surface area contributed by atoms with Crippen LogP contribution in [0, 0.1) is 11.6 Å². The molecule has 0 saturated carbocycles. The number of halogens is 3. The van der Waals surface area contributed by atoms with Crippen LogP contribution in [0.2, 0.25) is 5.02 Å². The van der Waals surface area contributed by atoms with Crippen LogP contribution in [-0.4, -0.2) is 34.7 Å². The van der Waals surface area contributed by atoms with Crippen molar-refractivity contribution in [2.75, 3.05) is 17.3 Å². The molecule has 0 atom stereocenters. The lowest BCUT2D eigenvalue weighted by atomic mass is 10.1. The van der Waals surface area contributed by atoms with Gasteiger partial charge in [0.1, 0.15) is 17.3 Å². The molecular formula is C19H14ClF2N5O3. The van der Waals surface area contributed by atoms with Crippen molar-refractivity contribution >= 4 is 40.7 Å². The highest BCUT2D eigenvalue weighted by Gasteiger charge is 2.23. The number of aromatic nitrogens is 2. The molecule has 0 bridgehead atoms. The highest BCUT2D eigenvalue weighted by Crippen LogP contribution is 2.24. The maximum atomic E-state index is 13.9. The lowest BCUT2D eigenvalue weighted by Gasteiger charge is -2.17. The summed E-state index contributed by atoms with van der Waals surface area (Å²) in [4.78, 5) is 43.7. The van der Waals surface area contributed by atoms with E-state index in [-0.39, 0.29) is 22.1 Å². The van der Waals surface area contributed by atoms with E-state index in [1.807, 2.05) is 0 Å². The van der Waals surface area contributed by atoms with E-state index in [0.717, 1.165) is 6.07 Å². The molecule has 0 aliphatic carbocycles. The largest absolute Gasteiger partial charge is 0.364 e. The molecule has 0 fully saturated rings. The topological polar surface area (TPSA) is 121 Å². The van der Waals surface area contributed by atoms with E-state index >= 15 is 0 Å². The third-order valence-corrected chi connectivity index (χ3v) is 4.44. The van der Waals surface area contributed by atoms with E-state index < -0.39 is 34.9 Å². The summed E-state index contributed by atoms with van der Waals surface area (Å²) in [7, 11) is 1.46. The van der Waals surface area contributed by atoms with Crippen molar-refractivity contribution in [2.24, 2.45) is 5.73 Å². The summed E-state index contributed by atoms with van der Waals surface area (Å²) in [5.74, 6) is -4.26. The smallest absolute Gasteiger partial charge is 0.279 e. The van der Waals surface area contributed by atoms with Crippen LogP contribution in [0.1, 0.15) is 31.3 Å². The minimum Gasteiger partial charge on any atom is -0.364 e. The molecule has 1 aromatic heterocycles. The number of H-pyrrole nitrogens is 1. The van der Waals surface area contributed by atoms with Gasteiger partial charge in [0.05, 0.1) is 16.9 Å². The first-order valence-electron chi connectivity index (χ1n) is 8.36. The zero-order valence-corrected chi connectivity index (χ0v) is 16.1.